The molecule has 1 aliphatic heterocycles. The quantitative estimate of drug-likeness (QED) is 0.695. The molecular weight excluding hydrogens is 334 g/mol. The largest absolute Gasteiger partial charge is 0.339 e. The van der Waals surface area contributed by atoms with Gasteiger partial charge in [-0.2, -0.15) is 0 Å². The topological polar surface area (TPSA) is 46.1 Å². The first kappa shape index (κ1) is 17.4. The van der Waals surface area contributed by atoms with Crippen LogP contribution in [0, 0.1) is 6.92 Å². The van der Waals surface area contributed by atoms with Crippen molar-refractivity contribution in [2.75, 3.05) is 13.1 Å². The summed E-state index contributed by atoms with van der Waals surface area (Å²) >= 11 is 0. The molecule has 3 aromatic rings. The molecule has 0 N–H and O–H groups in total. The molecule has 0 aliphatic carbocycles. The van der Waals surface area contributed by atoms with E-state index in [9.17, 15) is 4.79 Å². The van der Waals surface area contributed by atoms with Gasteiger partial charge >= 0.3 is 0 Å². The summed E-state index contributed by atoms with van der Waals surface area (Å²) in [5.41, 5.74) is 5.10. The van der Waals surface area contributed by atoms with E-state index in [-0.39, 0.29) is 5.91 Å². The average Bonchev–Trinajstić information content (AvgIpc) is 2.74. The van der Waals surface area contributed by atoms with Gasteiger partial charge in [-0.25, -0.2) is 0 Å². The van der Waals surface area contributed by atoms with Crippen LogP contribution >= 0.6 is 0 Å². The number of carbonyl (C=O) groups excluding carboxylic acids is 1. The summed E-state index contributed by atoms with van der Waals surface area (Å²) in [6.45, 7) is 3.62. The van der Waals surface area contributed by atoms with Crippen LogP contribution in [-0.4, -0.2) is 33.9 Å². The van der Waals surface area contributed by atoms with E-state index < -0.39 is 0 Å². The van der Waals surface area contributed by atoms with Crippen LogP contribution < -0.4 is 0 Å². The molecule has 1 aliphatic rings. The van der Waals surface area contributed by atoms with E-state index in [1.807, 2.05) is 60.6 Å². The van der Waals surface area contributed by atoms with Crippen molar-refractivity contribution in [3.05, 3.63) is 83.8 Å². The third-order valence-electron chi connectivity index (χ3n) is 5.35. The SMILES string of the molecule is Cc1cccnc1-c1cccc(C(=O)N2CCC(c3ccncc3)CC2)c1. The highest BCUT2D eigenvalue weighted by Crippen LogP contribution is 2.29. The van der Waals surface area contributed by atoms with E-state index in [0.29, 0.717) is 5.92 Å². The molecule has 27 heavy (non-hydrogen) atoms. The van der Waals surface area contributed by atoms with Gasteiger partial charge in [0.25, 0.3) is 5.91 Å². The van der Waals surface area contributed by atoms with Gasteiger partial charge in [0.05, 0.1) is 5.69 Å². The summed E-state index contributed by atoms with van der Waals surface area (Å²) in [7, 11) is 0. The lowest BCUT2D eigenvalue weighted by Gasteiger charge is -2.32. The van der Waals surface area contributed by atoms with Gasteiger partial charge in [-0.3, -0.25) is 14.8 Å². The van der Waals surface area contributed by atoms with Gasteiger partial charge in [0, 0.05) is 42.8 Å². The number of pyridine rings is 2. The van der Waals surface area contributed by atoms with Crippen LogP contribution in [0.1, 0.15) is 40.2 Å². The van der Waals surface area contributed by atoms with Crippen LogP contribution in [0.4, 0.5) is 0 Å². The molecule has 0 bridgehead atoms. The highest BCUT2D eigenvalue weighted by molar-refractivity contribution is 5.95. The summed E-state index contributed by atoms with van der Waals surface area (Å²) in [6, 6.07) is 16.0. The molecule has 4 nitrogen and oxygen atoms in total. The molecule has 1 fully saturated rings. The average molecular weight is 357 g/mol. The minimum atomic E-state index is 0.110. The number of hydrogen-bond donors (Lipinski definition) is 0. The Morgan fingerprint density at radius 1 is 1.00 bits per heavy atom. The van der Waals surface area contributed by atoms with E-state index >= 15 is 0 Å². The van der Waals surface area contributed by atoms with Gasteiger partial charge < -0.3 is 4.90 Å². The van der Waals surface area contributed by atoms with Gasteiger partial charge in [-0.05, 0) is 67.1 Å². The molecule has 1 aromatic carbocycles. The molecule has 0 radical (unpaired) electrons. The summed E-state index contributed by atoms with van der Waals surface area (Å²) in [5.74, 6) is 0.623. The van der Waals surface area contributed by atoms with Crippen molar-refractivity contribution in [2.24, 2.45) is 0 Å². The zero-order valence-corrected chi connectivity index (χ0v) is 15.5. The Bertz CT molecular complexity index is 931. The van der Waals surface area contributed by atoms with Crippen LogP contribution in [0.5, 0.6) is 0 Å². The standard InChI is InChI=1S/C23H23N3O/c1-17-4-3-11-25-22(17)20-5-2-6-21(16-20)23(27)26-14-9-19(10-15-26)18-7-12-24-13-8-18/h2-8,11-13,16,19H,9-10,14-15H2,1H3. The fraction of sp³-hybridized carbons (Fsp3) is 0.261. The maximum Gasteiger partial charge on any atom is 0.253 e. The fourth-order valence-electron chi connectivity index (χ4n) is 3.82. The van der Waals surface area contributed by atoms with Crippen molar-refractivity contribution < 1.29 is 4.79 Å². The second-order valence-electron chi connectivity index (χ2n) is 7.10. The number of piperidine rings is 1. The lowest BCUT2D eigenvalue weighted by Crippen LogP contribution is -2.37. The summed E-state index contributed by atoms with van der Waals surface area (Å²) < 4.78 is 0. The van der Waals surface area contributed by atoms with E-state index in [4.69, 9.17) is 0 Å². The Morgan fingerprint density at radius 2 is 1.78 bits per heavy atom. The second-order valence-corrected chi connectivity index (χ2v) is 7.10. The molecule has 4 heteroatoms. The summed E-state index contributed by atoms with van der Waals surface area (Å²) in [5, 5.41) is 0. The molecular formula is C23H23N3O. The van der Waals surface area contributed by atoms with Crippen LogP contribution in [0.15, 0.2) is 67.1 Å². The second kappa shape index (κ2) is 7.70. The Hall–Kier alpha value is -3.01. The number of aromatic nitrogens is 2. The van der Waals surface area contributed by atoms with Crippen LogP contribution in [0.25, 0.3) is 11.3 Å². The van der Waals surface area contributed by atoms with Crippen molar-refractivity contribution in [3.63, 3.8) is 0 Å². The number of amides is 1. The van der Waals surface area contributed by atoms with E-state index in [1.165, 1.54) is 5.56 Å². The minimum Gasteiger partial charge on any atom is -0.339 e. The molecule has 1 saturated heterocycles. The van der Waals surface area contributed by atoms with E-state index in [0.717, 1.165) is 48.3 Å². The number of hydrogen-bond acceptors (Lipinski definition) is 3. The number of benzene rings is 1. The first-order valence-corrected chi connectivity index (χ1v) is 9.43. The molecule has 136 valence electrons. The van der Waals surface area contributed by atoms with Gasteiger partial charge in [-0.1, -0.05) is 18.2 Å². The Labute approximate surface area is 159 Å². The van der Waals surface area contributed by atoms with E-state index in [1.54, 1.807) is 6.20 Å². The van der Waals surface area contributed by atoms with Crippen molar-refractivity contribution in [1.82, 2.24) is 14.9 Å². The molecule has 4 rings (SSSR count). The van der Waals surface area contributed by atoms with Gasteiger partial charge in [0.15, 0.2) is 0 Å². The zero-order chi connectivity index (χ0) is 18.6. The highest BCUT2D eigenvalue weighted by atomic mass is 16.2. The third-order valence-corrected chi connectivity index (χ3v) is 5.35. The van der Waals surface area contributed by atoms with E-state index in [2.05, 4.69) is 22.1 Å². The lowest BCUT2D eigenvalue weighted by atomic mass is 9.90. The van der Waals surface area contributed by atoms with Crippen LogP contribution in [0.2, 0.25) is 0 Å². The molecule has 0 unspecified atom stereocenters. The van der Waals surface area contributed by atoms with Crippen molar-refractivity contribution in [3.8, 4) is 11.3 Å². The Morgan fingerprint density at radius 3 is 2.52 bits per heavy atom. The Balaban J connectivity index is 1.48. The zero-order valence-electron chi connectivity index (χ0n) is 15.5. The molecule has 2 aromatic heterocycles. The predicted octanol–water partition coefficient (Wildman–Crippen LogP) is 4.47. The number of likely N-dealkylation sites (tertiary alicyclic amines) is 1. The van der Waals surface area contributed by atoms with Crippen molar-refractivity contribution >= 4 is 5.91 Å². The van der Waals surface area contributed by atoms with Crippen molar-refractivity contribution in [1.29, 1.82) is 0 Å². The van der Waals surface area contributed by atoms with Gasteiger partial charge in [0.1, 0.15) is 0 Å². The maximum atomic E-state index is 13.0. The molecule has 0 atom stereocenters. The number of aryl methyl sites for hydroxylation is 1. The monoisotopic (exact) mass is 357 g/mol. The maximum absolute atomic E-state index is 13.0. The van der Waals surface area contributed by atoms with Gasteiger partial charge in [-0.15, -0.1) is 0 Å². The Kier molecular flexibility index (Phi) is 4.97. The first-order valence-electron chi connectivity index (χ1n) is 9.43. The predicted molar refractivity (Wildman–Crippen MR) is 107 cm³/mol. The first-order chi connectivity index (χ1) is 13.2. The van der Waals surface area contributed by atoms with Crippen LogP contribution in [-0.2, 0) is 0 Å². The molecule has 3 heterocycles. The normalized spacial score (nSPS) is 14.9. The highest BCUT2D eigenvalue weighted by Gasteiger charge is 2.24. The fourth-order valence-corrected chi connectivity index (χ4v) is 3.82. The third kappa shape index (κ3) is 3.75. The van der Waals surface area contributed by atoms with Gasteiger partial charge in [0.2, 0.25) is 0 Å². The minimum absolute atomic E-state index is 0.110. The smallest absolute Gasteiger partial charge is 0.253 e. The summed E-state index contributed by atoms with van der Waals surface area (Å²) in [4.78, 5) is 23.5. The molecule has 0 spiro atoms. The lowest BCUT2D eigenvalue weighted by molar-refractivity contribution is 0.0713. The van der Waals surface area contributed by atoms with Crippen LogP contribution in [0.3, 0.4) is 0 Å². The summed E-state index contributed by atoms with van der Waals surface area (Å²) in [6.07, 6.45) is 7.47. The molecule has 1 amide bonds. The molecule has 0 saturated carbocycles. The number of nitrogens with zero attached hydrogens (tertiary/aromatic N) is 3. The number of rotatable bonds is 3. The van der Waals surface area contributed by atoms with Crippen molar-refractivity contribution in [2.45, 2.75) is 25.7 Å². The number of carbonyl (C=O) groups is 1.